The van der Waals surface area contributed by atoms with E-state index in [4.69, 9.17) is 0 Å². The van der Waals surface area contributed by atoms with Crippen LogP contribution in [0.15, 0.2) is 0 Å². The summed E-state index contributed by atoms with van der Waals surface area (Å²) in [6, 6.07) is 0. The third kappa shape index (κ3) is 1.78. The first-order valence-electron chi connectivity index (χ1n) is 4.75. The van der Waals surface area contributed by atoms with Crippen LogP contribution in [0.1, 0.15) is 26.2 Å². The molecular formula is C9H14F3NO. The lowest BCUT2D eigenvalue weighted by Crippen LogP contribution is -2.46. The topological polar surface area (TPSA) is 29.1 Å². The van der Waals surface area contributed by atoms with E-state index in [1.165, 1.54) is 0 Å². The van der Waals surface area contributed by atoms with E-state index in [9.17, 15) is 18.0 Å². The van der Waals surface area contributed by atoms with E-state index in [2.05, 4.69) is 5.32 Å². The summed E-state index contributed by atoms with van der Waals surface area (Å²) >= 11 is 0. The molecule has 14 heavy (non-hydrogen) atoms. The molecule has 0 aromatic carbocycles. The molecule has 1 unspecified atom stereocenters. The first-order chi connectivity index (χ1) is 6.44. The molecule has 5 heteroatoms. The number of hydrogen-bond donors (Lipinski definition) is 1. The average Bonchev–Trinajstić information content (AvgIpc) is 2.51. The summed E-state index contributed by atoms with van der Waals surface area (Å²) in [5.74, 6) is -0.669. The van der Waals surface area contributed by atoms with Gasteiger partial charge >= 0.3 is 6.18 Å². The Kier molecular flexibility index (Phi) is 3.19. The largest absolute Gasteiger partial charge is 0.402 e. The Morgan fingerprint density at radius 2 is 2.14 bits per heavy atom. The highest BCUT2D eigenvalue weighted by atomic mass is 19.4. The monoisotopic (exact) mass is 209 g/mol. The Balaban J connectivity index is 2.87. The first kappa shape index (κ1) is 11.5. The van der Waals surface area contributed by atoms with E-state index < -0.39 is 17.4 Å². The zero-order chi connectivity index (χ0) is 10.8. The molecule has 1 N–H and O–H groups in total. The van der Waals surface area contributed by atoms with Crippen LogP contribution >= 0.6 is 0 Å². The molecule has 0 amide bonds. The number of nitrogens with one attached hydrogen (secondary N) is 1. The first-order valence-corrected chi connectivity index (χ1v) is 4.75. The molecule has 0 aromatic rings. The maximum absolute atomic E-state index is 12.7. The Morgan fingerprint density at radius 1 is 1.50 bits per heavy atom. The van der Waals surface area contributed by atoms with Gasteiger partial charge in [0, 0.05) is 13.0 Å². The van der Waals surface area contributed by atoms with Gasteiger partial charge in [0.1, 0.15) is 11.2 Å². The van der Waals surface area contributed by atoms with E-state index in [0.717, 1.165) is 0 Å². The molecule has 1 saturated heterocycles. The number of Topliss-reactive ketones (excluding diaryl/α,β-unsaturated/α-hetero) is 1. The third-order valence-corrected chi connectivity index (χ3v) is 2.71. The smallest absolute Gasteiger partial charge is 0.315 e. The summed E-state index contributed by atoms with van der Waals surface area (Å²) in [5, 5.41) is 2.62. The van der Waals surface area contributed by atoms with Crippen LogP contribution in [0.4, 0.5) is 13.2 Å². The summed E-state index contributed by atoms with van der Waals surface area (Å²) in [4.78, 5) is 11.5. The van der Waals surface area contributed by atoms with Crippen molar-refractivity contribution in [1.82, 2.24) is 5.32 Å². The van der Waals surface area contributed by atoms with Gasteiger partial charge < -0.3 is 5.32 Å². The minimum atomic E-state index is -4.41. The SMILES string of the molecule is CCCC(=O)C1(C(F)(F)F)CCNC1. The van der Waals surface area contributed by atoms with Gasteiger partial charge in [0.15, 0.2) is 0 Å². The lowest BCUT2D eigenvalue weighted by atomic mass is 9.80. The molecule has 0 saturated carbocycles. The summed E-state index contributed by atoms with van der Waals surface area (Å²) in [6.07, 6.45) is -4.05. The molecule has 1 heterocycles. The van der Waals surface area contributed by atoms with Gasteiger partial charge in [-0.1, -0.05) is 6.92 Å². The molecule has 2 nitrogen and oxygen atoms in total. The molecule has 0 bridgehead atoms. The highest BCUT2D eigenvalue weighted by molar-refractivity contribution is 5.86. The summed E-state index contributed by atoms with van der Waals surface area (Å²) < 4.78 is 38.2. The van der Waals surface area contributed by atoms with Gasteiger partial charge in [-0.2, -0.15) is 13.2 Å². The number of alkyl halides is 3. The molecule has 1 aliphatic heterocycles. The van der Waals surface area contributed by atoms with Crippen LogP contribution in [0.2, 0.25) is 0 Å². The fourth-order valence-electron chi connectivity index (χ4n) is 1.80. The second-order valence-electron chi connectivity index (χ2n) is 3.68. The number of halogens is 3. The van der Waals surface area contributed by atoms with Crippen molar-refractivity contribution in [2.24, 2.45) is 5.41 Å². The van der Waals surface area contributed by atoms with Crippen LogP contribution in [0.5, 0.6) is 0 Å². The molecule has 0 radical (unpaired) electrons. The minimum Gasteiger partial charge on any atom is -0.315 e. The van der Waals surface area contributed by atoms with Gasteiger partial charge in [0.2, 0.25) is 0 Å². The van der Waals surface area contributed by atoms with Crippen molar-refractivity contribution in [3.63, 3.8) is 0 Å². The van der Waals surface area contributed by atoms with E-state index >= 15 is 0 Å². The third-order valence-electron chi connectivity index (χ3n) is 2.71. The van der Waals surface area contributed by atoms with E-state index in [1.54, 1.807) is 6.92 Å². The Bertz CT molecular complexity index is 219. The summed E-state index contributed by atoms with van der Waals surface area (Å²) in [5.41, 5.74) is -2.11. The highest BCUT2D eigenvalue weighted by Crippen LogP contribution is 2.44. The number of rotatable bonds is 3. The lowest BCUT2D eigenvalue weighted by molar-refractivity contribution is -0.214. The van der Waals surface area contributed by atoms with Crippen molar-refractivity contribution in [3.05, 3.63) is 0 Å². The van der Waals surface area contributed by atoms with Crippen LogP contribution in [0.25, 0.3) is 0 Å². The predicted molar refractivity (Wildman–Crippen MR) is 45.9 cm³/mol. The van der Waals surface area contributed by atoms with Crippen molar-refractivity contribution in [3.8, 4) is 0 Å². The van der Waals surface area contributed by atoms with Crippen molar-refractivity contribution < 1.29 is 18.0 Å². The van der Waals surface area contributed by atoms with Crippen molar-refractivity contribution >= 4 is 5.78 Å². The Morgan fingerprint density at radius 3 is 2.50 bits per heavy atom. The van der Waals surface area contributed by atoms with Crippen LogP contribution in [0.3, 0.4) is 0 Å². The van der Waals surface area contributed by atoms with E-state index in [-0.39, 0.29) is 25.9 Å². The highest BCUT2D eigenvalue weighted by Gasteiger charge is 2.60. The number of carbonyl (C=O) groups is 1. The standard InChI is InChI=1S/C9H14F3NO/c1-2-3-7(14)8(9(10,11)12)4-5-13-6-8/h13H,2-6H2,1H3. The second kappa shape index (κ2) is 3.88. The average molecular weight is 209 g/mol. The Hall–Kier alpha value is -0.580. The quantitative estimate of drug-likeness (QED) is 0.769. The maximum atomic E-state index is 12.7. The van der Waals surface area contributed by atoms with Gasteiger partial charge in [-0.3, -0.25) is 4.79 Å². The summed E-state index contributed by atoms with van der Waals surface area (Å²) in [7, 11) is 0. The zero-order valence-electron chi connectivity index (χ0n) is 8.08. The van der Waals surface area contributed by atoms with Gasteiger partial charge in [-0.05, 0) is 19.4 Å². The van der Waals surface area contributed by atoms with Crippen LogP contribution in [-0.2, 0) is 4.79 Å². The summed E-state index contributed by atoms with van der Waals surface area (Å²) in [6.45, 7) is 1.73. The number of carbonyl (C=O) groups excluding carboxylic acids is 1. The van der Waals surface area contributed by atoms with Crippen LogP contribution in [0, 0.1) is 5.41 Å². The molecular weight excluding hydrogens is 195 g/mol. The normalized spacial score (nSPS) is 28.0. The van der Waals surface area contributed by atoms with Gasteiger partial charge in [0.05, 0.1) is 0 Å². The molecule has 82 valence electrons. The van der Waals surface area contributed by atoms with E-state index in [1.807, 2.05) is 0 Å². The van der Waals surface area contributed by atoms with E-state index in [0.29, 0.717) is 6.42 Å². The molecule has 0 aromatic heterocycles. The van der Waals surface area contributed by atoms with Crippen LogP contribution in [-0.4, -0.2) is 25.0 Å². The maximum Gasteiger partial charge on any atom is 0.402 e. The fraction of sp³-hybridized carbons (Fsp3) is 0.889. The van der Waals surface area contributed by atoms with Crippen molar-refractivity contribution in [2.75, 3.05) is 13.1 Å². The molecule has 1 aliphatic rings. The molecule has 0 aliphatic carbocycles. The molecule has 1 atom stereocenters. The molecule has 1 fully saturated rings. The predicted octanol–water partition coefficient (Wildman–Crippen LogP) is 1.90. The second-order valence-corrected chi connectivity index (χ2v) is 3.68. The van der Waals surface area contributed by atoms with Crippen molar-refractivity contribution in [1.29, 1.82) is 0 Å². The van der Waals surface area contributed by atoms with Crippen molar-refractivity contribution in [2.45, 2.75) is 32.4 Å². The molecule has 0 spiro atoms. The van der Waals surface area contributed by atoms with Crippen LogP contribution < -0.4 is 5.32 Å². The van der Waals surface area contributed by atoms with Gasteiger partial charge in [-0.15, -0.1) is 0 Å². The number of hydrogen-bond acceptors (Lipinski definition) is 2. The Labute approximate surface area is 80.9 Å². The zero-order valence-corrected chi connectivity index (χ0v) is 8.08. The van der Waals surface area contributed by atoms with Gasteiger partial charge in [0.25, 0.3) is 0 Å². The fourth-order valence-corrected chi connectivity index (χ4v) is 1.80. The minimum absolute atomic E-state index is 0.0151. The number of ketones is 1. The lowest BCUT2D eigenvalue weighted by Gasteiger charge is -2.29. The molecule has 1 rings (SSSR count). The van der Waals surface area contributed by atoms with Gasteiger partial charge in [-0.25, -0.2) is 0 Å².